The molecule has 8 aromatic rings. The molecule has 8 aromatic carbocycles. The zero-order valence-corrected chi connectivity index (χ0v) is 30.3. The van der Waals surface area contributed by atoms with E-state index < -0.39 is 0 Å². The molecule has 0 saturated carbocycles. The van der Waals surface area contributed by atoms with Gasteiger partial charge in [0.15, 0.2) is 0 Å². The van der Waals surface area contributed by atoms with Gasteiger partial charge >= 0.3 is 0 Å². The summed E-state index contributed by atoms with van der Waals surface area (Å²) in [6.07, 6.45) is 0. The molecule has 0 spiro atoms. The Bertz CT molecular complexity index is 2350. The molecule has 2 N–H and O–H groups in total. The number of rotatable bonds is 9. The van der Waals surface area contributed by atoms with Gasteiger partial charge < -0.3 is 20.0 Å². The van der Waals surface area contributed by atoms with E-state index in [0.717, 1.165) is 67.5 Å². The van der Waals surface area contributed by atoms with Gasteiger partial charge in [0.1, 0.15) is 11.5 Å². The Morgan fingerprint density at radius 1 is 0.278 bits per heavy atom. The van der Waals surface area contributed by atoms with Gasteiger partial charge in [-0.2, -0.15) is 0 Å². The third-order valence-corrected chi connectivity index (χ3v) is 9.85. The largest absolute Gasteiger partial charge is 0.507 e. The third-order valence-electron chi connectivity index (χ3n) is 9.85. The summed E-state index contributed by atoms with van der Waals surface area (Å²) in [5.41, 5.74) is 14.5. The summed E-state index contributed by atoms with van der Waals surface area (Å²) in [5, 5.41) is 21.0. The normalized spacial score (nSPS) is 10.9. The second-order valence-corrected chi connectivity index (χ2v) is 13.6. The molecule has 0 unspecified atom stereocenters. The summed E-state index contributed by atoms with van der Waals surface area (Å²) in [6.45, 7) is 4.22. The van der Waals surface area contributed by atoms with Gasteiger partial charge in [-0.05, 0) is 121 Å². The zero-order valence-electron chi connectivity index (χ0n) is 30.3. The van der Waals surface area contributed by atoms with Gasteiger partial charge in [-0.15, -0.1) is 0 Å². The minimum absolute atomic E-state index is 0.253. The maximum atomic E-state index is 10.5. The number of para-hydroxylation sites is 2. The average molecular weight is 701 g/mol. The van der Waals surface area contributed by atoms with E-state index in [-0.39, 0.29) is 11.5 Å². The summed E-state index contributed by atoms with van der Waals surface area (Å²) >= 11 is 0. The summed E-state index contributed by atoms with van der Waals surface area (Å²) in [5.74, 6) is 0.506. The van der Waals surface area contributed by atoms with Gasteiger partial charge in [-0.25, -0.2) is 0 Å². The molecule has 262 valence electrons. The van der Waals surface area contributed by atoms with E-state index in [2.05, 4.69) is 145 Å². The van der Waals surface area contributed by atoms with E-state index in [1.54, 1.807) is 12.1 Å². The van der Waals surface area contributed by atoms with Crippen molar-refractivity contribution in [3.63, 3.8) is 0 Å². The lowest BCUT2D eigenvalue weighted by atomic mass is 10.0. The van der Waals surface area contributed by atoms with Gasteiger partial charge in [0, 0.05) is 45.3 Å². The topological polar surface area (TPSA) is 46.9 Å². The number of nitrogens with zero attached hydrogens (tertiary/aromatic N) is 2. The van der Waals surface area contributed by atoms with Crippen molar-refractivity contribution in [3.8, 4) is 44.9 Å². The van der Waals surface area contributed by atoms with Crippen LogP contribution in [0.2, 0.25) is 0 Å². The first-order valence-corrected chi connectivity index (χ1v) is 18.1. The first kappa shape index (κ1) is 34.1. The van der Waals surface area contributed by atoms with Crippen molar-refractivity contribution in [2.75, 3.05) is 9.80 Å². The van der Waals surface area contributed by atoms with E-state index in [4.69, 9.17) is 0 Å². The van der Waals surface area contributed by atoms with Crippen molar-refractivity contribution in [2.45, 2.75) is 13.8 Å². The highest BCUT2D eigenvalue weighted by Crippen LogP contribution is 2.40. The molecule has 0 radical (unpaired) electrons. The molecule has 0 aliphatic heterocycles. The number of phenols is 2. The van der Waals surface area contributed by atoms with Crippen molar-refractivity contribution in [2.24, 2.45) is 0 Å². The van der Waals surface area contributed by atoms with Crippen molar-refractivity contribution in [1.82, 2.24) is 0 Å². The van der Waals surface area contributed by atoms with Crippen LogP contribution in [0.15, 0.2) is 194 Å². The van der Waals surface area contributed by atoms with Crippen LogP contribution in [-0.4, -0.2) is 10.2 Å². The van der Waals surface area contributed by atoms with E-state index in [1.165, 1.54) is 11.1 Å². The zero-order chi connectivity index (χ0) is 37.0. The van der Waals surface area contributed by atoms with Crippen molar-refractivity contribution in [1.29, 1.82) is 0 Å². The van der Waals surface area contributed by atoms with E-state index in [0.29, 0.717) is 0 Å². The van der Waals surface area contributed by atoms with Crippen LogP contribution in [0.3, 0.4) is 0 Å². The SMILES string of the molecule is Cc1ccc(N(c2ccc(C)cc2)c2ccc(-c3ccc(N(c4ccc(-c5ccccc5O)cc4)c4ccc(-c5ccccc5O)cc4)cc3)cc2)cc1. The van der Waals surface area contributed by atoms with Crippen molar-refractivity contribution < 1.29 is 10.2 Å². The Labute approximate surface area is 317 Å². The number of anilines is 6. The lowest BCUT2D eigenvalue weighted by Gasteiger charge is -2.26. The van der Waals surface area contributed by atoms with Gasteiger partial charge in [-0.1, -0.05) is 120 Å². The molecule has 4 nitrogen and oxygen atoms in total. The minimum atomic E-state index is 0.253. The Morgan fingerprint density at radius 3 is 0.796 bits per heavy atom. The molecule has 8 rings (SSSR count). The molecular formula is C50H40N2O2. The maximum Gasteiger partial charge on any atom is 0.123 e. The van der Waals surface area contributed by atoms with Gasteiger partial charge in [0.05, 0.1) is 0 Å². The Morgan fingerprint density at radius 2 is 0.519 bits per heavy atom. The average Bonchev–Trinajstić information content (AvgIpc) is 3.21. The lowest BCUT2D eigenvalue weighted by Crippen LogP contribution is -2.10. The number of hydrogen-bond donors (Lipinski definition) is 2. The first-order valence-electron chi connectivity index (χ1n) is 18.1. The van der Waals surface area contributed by atoms with Gasteiger partial charge in [0.25, 0.3) is 0 Å². The van der Waals surface area contributed by atoms with E-state index in [1.807, 2.05) is 60.7 Å². The quantitative estimate of drug-likeness (QED) is 0.157. The molecular weight excluding hydrogens is 661 g/mol. The van der Waals surface area contributed by atoms with Crippen LogP contribution < -0.4 is 9.80 Å². The molecule has 4 heteroatoms. The molecule has 0 heterocycles. The minimum Gasteiger partial charge on any atom is -0.507 e. The van der Waals surface area contributed by atoms with E-state index >= 15 is 0 Å². The number of phenolic OH excluding ortho intramolecular Hbond substituents is 2. The highest BCUT2D eigenvalue weighted by Gasteiger charge is 2.16. The second-order valence-electron chi connectivity index (χ2n) is 13.6. The number of aryl methyl sites for hydroxylation is 2. The fourth-order valence-corrected chi connectivity index (χ4v) is 6.90. The highest BCUT2D eigenvalue weighted by molar-refractivity contribution is 5.83. The number of aromatic hydroxyl groups is 2. The fraction of sp³-hybridized carbons (Fsp3) is 0.0400. The Hall–Kier alpha value is -7.04. The molecule has 0 amide bonds. The summed E-state index contributed by atoms with van der Waals surface area (Å²) in [6, 6.07) is 66.0. The molecule has 0 saturated heterocycles. The molecule has 0 fully saturated rings. The predicted octanol–water partition coefficient (Wildman–Crippen LogP) is 13.7. The molecule has 0 atom stereocenters. The van der Waals surface area contributed by atoms with Crippen molar-refractivity contribution in [3.05, 3.63) is 205 Å². The van der Waals surface area contributed by atoms with E-state index in [9.17, 15) is 10.2 Å². The van der Waals surface area contributed by atoms with Crippen LogP contribution in [0, 0.1) is 13.8 Å². The van der Waals surface area contributed by atoms with Crippen LogP contribution >= 0.6 is 0 Å². The second kappa shape index (κ2) is 14.9. The standard InChI is InChI=1S/C50H40N2O2/c1-35-11-23-41(24-12-35)51(42-25-13-36(2)14-26-42)43-27-15-37(16-28-43)38-17-29-44(30-18-38)52(45-31-19-39(20-32-45)47-7-3-5-9-49(47)53)46-33-21-40(22-34-46)48-8-4-6-10-50(48)54/h3-34,53-54H,1-2H3. The van der Waals surface area contributed by atoms with Crippen LogP contribution in [0.1, 0.15) is 11.1 Å². The number of benzene rings is 8. The monoisotopic (exact) mass is 700 g/mol. The summed E-state index contributed by atoms with van der Waals surface area (Å²) in [4.78, 5) is 4.51. The fourth-order valence-electron chi connectivity index (χ4n) is 6.90. The van der Waals surface area contributed by atoms with Crippen LogP contribution in [0.5, 0.6) is 11.5 Å². The summed E-state index contributed by atoms with van der Waals surface area (Å²) < 4.78 is 0. The van der Waals surface area contributed by atoms with Gasteiger partial charge in [0.2, 0.25) is 0 Å². The predicted molar refractivity (Wildman–Crippen MR) is 225 cm³/mol. The van der Waals surface area contributed by atoms with Crippen LogP contribution in [0.4, 0.5) is 34.1 Å². The molecule has 0 aliphatic rings. The van der Waals surface area contributed by atoms with Gasteiger partial charge in [-0.3, -0.25) is 0 Å². The molecule has 0 bridgehead atoms. The Balaban J connectivity index is 1.12. The highest BCUT2D eigenvalue weighted by atomic mass is 16.3. The third kappa shape index (κ3) is 7.06. The number of hydrogen-bond acceptors (Lipinski definition) is 4. The van der Waals surface area contributed by atoms with Crippen LogP contribution in [0.25, 0.3) is 33.4 Å². The first-order chi connectivity index (χ1) is 26.4. The molecule has 0 aromatic heterocycles. The van der Waals surface area contributed by atoms with Crippen molar-refractivity contribution >= 4 is 34.1 Å². The smallest absolute Gasteiger partial charge is 0.123 e. The van der Waals surface area contributed by atoms with Crippen LogP contribution in [-0.2, 0) is 0 Å². The lowest BCUT2D eigenvalue weighted by molar-refractivity contribution is 0.477. The molecule has 54 heavy (non-hydrogen) atoms. The summed E-state index contributed by atoms with van der Waals surface area (Å²) in [7, 11) is 0. The maximum absolute atomic E-state index is 10.5. The molecule has 0 aliphatic carbocycles. The Kier molecular flexibility index (Phi) is 9.40.